The number of carbonyl (C=O) groups is 2. The Morgan fingerprint density at radius 1 is 1.17 bits per heavy atom. The Bertz CT molecular complexity index is 1050. The standard InChI is InChI=1S/C23H23N3O3S/c1-29-17-9-5-6-15(14-17)12-13-24-22(28)18-10-11-19-20(18)25-23(30-19)26-21(27)16-7-3-2-4-8-16/h2-9,14,18H,10-13H2,1H3,(H,24,28)(H,25,26,27)/t18-/m0/s1. The lowest BCUT2D eigenvalue weighted by molar-refractivity contribution is -0.122. The number of fused-ring (bicyclic) bond motifs is 1. The van der Waals surface area contributed by atoms with E-state index < -0.39 is 0 Å². The highest BCUT2D eigenvalue weighted by Crippen LogP contribution is 2.38. The number of amides is 2. The predicted octanol–water partition coefficient (Wildman–Crippen LogP) is 3.79. The van der Waals surface area contributed by atoms with Crippen molar-refractivity contribution in [1.82, 2.24) is 10.3 Å². The molecule has 1 heterocycles. The predicted molar refractivity (Wildman–Crippen MR) is 117 cm³/mol. The molecule has 0 bridgehead atoms. The van der Waals surface area contributed by atoms with Gasteiger partial charge in [0.25, 0.3) is 5.91 Å². The van der Waals surface area contributed by atoms with Crippen LogP contribution in [0.4, 0.5) is 5.13 Å². The molecule has 2 N–H and O–H groups in total. The molecule has 1 aliphatic rings. The number of aryl methyl sites for hydroxylation is 1. The molecular formula is C23H23N3O3S. The van der Waals surface area contributed by atoms with Gasteiger partial charge in [0.05, 0.1) is 18.7 Å². The Labute approximate surface area is 179 Å². The highest BCUT2D eigenvalue weighted by atomic mass is 32.1. The monoisotopic (exact) mass is 421 g/mol. The van der Waals surface area contributed by atoms with Gasteiger partial charge in [0, 0.05) is 17.0 Å². The van der Waals surface area contributed by atoms with Crippen LogP contribution in [0, 0.1) is 0 Å². The Kier molecular flexibility index (Phi) is 6.09. The van der Waals surface area contributed by atoms with E-state index in [-0.39, 0.29) is 17.7 Å². The molecule has 1 aromatic heterocycles. The molecule has 1 atom stereocenters. The molecule has 4 rings (SSSR count). The van der Waals surface area contributed by atoms with Crippen LogP contribution in [0.2, 0.25) is 0 Å². The fourth-order valence-corrected chi connectivity index (χ4v) is 4.61. The smallest absolute Gasteiger partial charge is 0.257 e. The van der Waals surface area contributed by atoms with Gasteiger partial charge in [-0.15, -0.1) is 11.3 Å². The number of carbonyl (C=O) groups excluding carboxylic acids is 2. The molecule has 154 valence electrons. The van der Waals surface area contributed by atoms with E-state index >= 15 is 0 Å². The van der Waals surface area contributed by atoms with Crippen LogP contribution in [0.5, 0.6) is 5.75 Å². The third-order valence-electron chi connectivity index (χ3n) is 5.14. The van der Waals surface area contributed by atoms with E-state index in [1.807, 2.05) is 42.5 Å². The van der Waals surface area contributed by atoms with Crippen molar-refractivity contribution in [3.8, 4) is 5.75 Å². The van der Waals surface area contributed by atoms with Crippen molar-refractivity contribution < 1.29 is 14.3 Å². The quantitative estimate of drug-likeness (QED) is 0.608. The number of aromatic nitrogens is 1. The van der Waals surface area contributed by atoms with Gasteiger partial charge in [-0.3, -0.25) is 14.9 Å². The summed E-state index contributed by atoms with van der Waals surface area (Å²) in [4.78, 5) is 30.7. The van der Waals surface area contributed by atoms with E-state index in [2.05, 4.69) is 15.6 Å². The third kappa shape index (κ3) is 4.52. The summed E-state index contributed by atoms with van der Waals surface area (Å²) in [6, 6.07) is 16.9. The lowest BCUT2D eigenvalue weighted by atomic mass is 10.1. The van der Waals surface area contributed by atoms with Gasteiger partial charge in [0.15, 0.2) is 5.13 Å². The summed E-state index contributed by atoms with van der Waals surface area (Å²) < 4.78 is 5.24. The van der Waals surface area contributed by atoms with Crippen LogP contribution in [-0.2, 0) is 17.6 Å². The zero-order valence-corrected chi connectivity index (χ0v) is 17.5. The topological polar surface area (TPSA) is 80.3 Å². The van der Waals surface area contributed by atoms with Crippen LogP contribution >= 0.6 is 11.3 Å². The molecule has 3 aromatic rings. The van der Waals surface area contributed by atoms with Crippen molar-refractivity contribution in [2.75, 3.05) is 19.0 Å². The summed E-state index contributed by atoms with van der Waals surface area (Å²) in [5, 5.41) is 6.42. The summed E-state index contributed by atoms with van der Waals surface area (Å²) in [5.41, 5.74) is 2.49. The second-order valence-corrected chi connectivity index (χ2v) is 8.22. The number of rotatable bonds is 7. The van der Waals surface area contributed by atoms with E-state index in [9.17, 15) is 9.59 Å². The zero-order valence-electron chi connectivity index (χ0n) is 16.7. The molecule has 2 amide bonds. The second kappa shape index (κ2) is 9.09. The molecule has 0 saturated heterocycles. The summed E-state index contributed by atoms with van der Waals surface area (Å²) in [6.45, 7) is 0.555. The van der Waals surface area contributed by atoms with Crippen molar-refractivity contribution in [1.29, 1.82) is 0 Å². The second-order valence-electron chi connectivity index (χ2n) is 7.13. The molecule has 6 nitrogen and oxygen atoms in total. The fourth-order valence-electron chi connectivity index (χ4n) is 3.58. The molecule has 0 spiro atoms. The molecule has 0 saturated carbocycles. The first-order valence-electron chi connectivity index (χ1n) is 9.90. The van der Waals surface area contributed by atoms with Crippen LogP contribution in [0.15, 0.2) is 54.6 Å². The number of anilines is 1. The highest BCUT2D eigenvalue weighted by Gasteiger charge is 2.32. The van der Waals surface area contributed by atoms with Crippen LogP contribution < -0.4 is 15.4 Å². The Morgan fingerprint density at radius 2 is 2.00 bits per heavy atom. The highest BCUT2D eigenvalue weighted by molar-refractivity contribution is 7.16. The summed E-state index contributed by atoms with van der Waals surface area (Å²) >= 11 is 1.45. The van der Waals surface area contributed by atoms with Gasteiger partial charge in [-0.1, -0.05) is 30.3 Å². The average Bonchev–Trinajstić information content (AvgIpc) is 3.34. The lowest BCUT2D eigenvalue weighted by Crippen LogP contribution is -2.30. The molecule has 2 aromatic carbocycles. The Morgan fingerprint density at radius 3 is 2.80 bits per heavy atom. The minimum absolute atomic E-state index is 0.0112. The first-order valence-corrected chi connectivity index (χ1v) is 10.7. The van der Waals surface area contributed by atoms with Gasteiger partial charge in [0.2, 0.25) is 5.91 Å². The first-order chi connectivity index (χ1) is 14.6. The van der Waals surface area contributed by atoms with Crippen LogP contribution in [0.1, 0.15) is 38.8 Å². The minimum Gasteiger partial charge on any atom is -0.497 e. The zero-order chi connectivity index (χ0) is 20.9. The van der Waals surface area contributed by atoms with Crippen molar-refractivity contribution in [2.45, 2.75) is 25.2 Å². The van der Waals surface area contributed by atoms with Gasteiger partial charge in [-0.05, 0) is 49.1 Å². The summed E-state index contributed by atoms with van der Waals surface area (Å²) in [6.07, 6.45) is 2.30. The number of methoxy groups -OCH3 is 1. The number of thiazole rings is 1. The first kappa shape index (κ1) is 20.1. The van der Waals surface area contributed by atoms with E-state index in [1.165, 1.54) is 11.3 Å². The SMILES string of the molecule is COc1cccc(CCNC(=O)[C@H]2CCc3sc(NC(=O)c4ccccc4)nc32)c1. The van der Waals surface area contributed by atoms with Crippen molar-refractivity contribution in [3.05, 3.63) is 76.3 Å². The lowest BCUT2D eigenvalue weighted by Gasteiger charge is -2.11. The molecule has 0 radical (unpaired) electrons. The Balaban J connectivity index is 1.34. The Hall–Kier alpha value is -3.19. The maximum Gasteiger partial charge on any atom is 0.257 e. The van der Waals surface area contributed by atoms with Crippen molar-refractivity contribution >= 4 is 28.3 Å². The number of hydrogen-bond acceptors (Lipinski definition) is 5. The molecule has 0 aliphatic heterocycles. The number of nitrogens with one attached hydrogen (secondary N) is 2. The van der Waals surface area contributed by atoms with Crippen molar-refractivity contribution in [2.24, 2.45) is 0 Å². The van der Waals surface area contributed by atoms with Gasteiger partial charge >= 0.3 is 0 Å². The van der Waals surface area contributed by atoms with Crippen LogP contribution in [0.25, 0.3) is 0 Å². The maximum absolute atomic E-state index is 12.7. The molecule has 7 heteroatoms. The van der Waals surface area contributed by atoms with E-state index in [1.54, 1.807) is 19.2 Å². The van der Waals surface area contributed by atoms with Gasteiger partial charge in [-0.2, -0.15) is 0 Å². The maximum atomic E-state index is 12.7. The minimum atomic E-state index is -0.260. The third-order valence-corrected chi connectivity index (χ3v) is 6.18. The van der Waals surface area contributed by atoms with Gasteiger partial charge in [0.1, 0.15) is 5.75 Å². The number of benzene rings is 2. The van der Waals surface area contributed by atoms with Crippen molar-refractivity contribution in [3.63, 3.8) is 0 Å². The van der Waals surface area contributed by atoms with E-state index in [4.69, 9.17) is 4.74 Å². The molecule has 1 aliphatic carbocycles. The molecule has 30 heavy (non-hydrogen) atoms. The summed E-state index contributed by atoms with van der Waals surface area (Å²) in [7, 11) is 1.64. The number of hydrogen-bond donors (Lipinski definition) is 2. The normalized spacial score (nSPS) is 14.8. The van der Waals surface area contributed by atoms with E-state index in [0.29, 0.717) is 17.2 Å². The van der Waals surface area contributed by atoms with Gasteiger partial charge in [-0.25, -0.2) is 4.98 Å². The van der Waals surface area contributed by atoms with Crippen LogP contribution in [0.3, 0.4) is 0 Å². The molecule has 0 fully saturated rings. The largest absolute Gasteiger partial charge is 0.497 e. The average molecular weight is 422 g/mol. The van der Waals surface area contributed by atoms with Crippen LogP contribution in [-0.4, -0.2) is 30.5 Å². The van der Waals surface area contributed by atoms with Gasteiger partial charge < -0.3 is 10.1 Å². The fraction of sp³-hybridized carbons (Fsp3) is 0.261. The number of nitrogens with zero attached hydrogens (tertiary/aromatic N) is 1. The summed E-state index contributed by atoms with van der Waals surface area (Å²) in [5.74, 6) is 0.348. The molecular weight excluding hydrogens is 398 g/mol. The number of ether oxygens (including phenoxy) is 1. The molecule has 0 unspecified atom stereocenters. The van der Waals surface area contributed by atoms with E-state index in [0.717, 1.165) is 41.1 Å².